The molecule has 7 heteroatoms. The van der Waals surface area contributed by atoms with E-state index in [9.17, 15) is 20.3 Å². The van der Waals surface area contributed by atoms with Crippen LogP contribution in [0.4, 0.5) is 5.69 Å². The number of aromatic hydroxyl groups is 2. The van der Waals surface area contributed by atoms with Gasteiger partial charge in [-0.3, -0.25) is 15.0 Å². The first-order valence-electron chi connectivity index (χ1n) is 7.37. The Kier molecular flexibility index (Phi) is 4.58. The van der Waals surface area contributed by atoms with E-state index in [-0.39, 0.29) is 11.5 Å². The zero-order valence-corrected chi connectivity index (χ0v) is 13.2. The summed E-state index contributed by atoms with van der Waals surface area (Å²) < 4.78 is 0. The number of nitro benzene ring substituents is 1. The molecule has 1 aromatic rings. The van der Waals surface area contributed by atoms with Gasteiger partial charge in [0.25, 0.3) is 0 Å². The van der Waals surface area contributed by atoms with Crippen LogP contribution in [0.1, 0.15) is 32.4 Å². The van der Waals surface area contributed by atoms with E-state index in [2.05, 4.69) is 31.0 Å². The second-order valence-corrected chi connectivity index (χ2v) is 6.72. The highest BCUT2D eigenvalue weighted by atomic mass is 16.6. The monoisotopic (exact) mass is 309 g/mol. The molecule has 122 valence electrons. The molecule has 0 aromatic heterocycles. The minimum Gasteiger partial charge on any atom is -0.504 e. The smallest absolute Gasteiger partial charge is 0.314 e. The van der Waals surface area contributed by atoms with Crippen LogP contribution in [0.3, 0.4) is 0 Å². The van der Waals surface area contributed by atoms with E-state index in [1.807, 2.05) is 0 Å². The Morgan fingerprint density at radius 3 is 2.36 bits per heavy atom. The van der Waals surface area contributed by atoms with Gasteiger partial charge in [0, 0.05) is 38.3 Å². The van der Waals surface area contributed by atoms with Crippen LogP contribution in [0.2, 0.25) is 0 Å². The molecule has 1 heterocycles. The zero-order valence-electron chi connectivity index (χ0n) is 13.2. The maximum Gasteiger partial charge on any atom is 0.314 e. The fourth-order valence-electron chi connectivity index (χ4n) is 3.12. The van der Waals surface area contributed by atoms with Crippen LogP contribution in [0.5, 0.6) is 11.5 Å². The van der Waals surface area contributed by atoms with E-state index in [0.29, 0.717) is 5.56 Å². The number of phenols is 2. The van der Waals surface area contributed by atoms with Crippen LogP contribution in [-0.4, -0.2) is 46.2 Å². The molecule has 0 bridgehead atoms. The Labute approximate surface area is 129 Å². The zero-order chi connectivity index (χ0) is 16.5. The molecular weight excluding hydrogens is 286 g/mol. The Balaban J connectivity index is 2.50. The van der Waals surface area contributed by atoms with Crippen LogP contribution in [0, 0.1) is 15.5 Å². The number of benzene rings is 1. The molecule has 0 radical (unpaired) electrons. The van der Waals surface area contributed by atoms with Gasteiger partial charge in [-0.05, 0) is 17.0 Å². The number of nitrogens with zero attached hydrogens (tertiary/aromatic N) is 2. The minimum absolute atomic E-state index is 0.0835. The lowest BCUT2D eigenvalue weighted by atomic mass is 9.80. The Hall–Kier alpha value is -1.86. The fraction of sp³-hybridized carbons (Fsp3) is 0.600. The van der Waals surface area contributed by atoms with Gasteiger partial charge < -0.3 is 15.5 Å². The largest absolute Gasteiger partial charge is 0.504 e. The van der Waals surface area contributed by atoms with Crippen LogP contribution in [0.25, 0.3) is 0 Å². The highest BCUT2D eigenvalue weighted by Crippen LogP contribution is 2.44. The fourth-order valence-corrected chi connectivity index (χ4v) is 3.12. The summed E-state index contributed by atoms with van der Waals surface area (Å²) in [5, 5.41) is 33.9. The standard InChI is InChI=1S/C15H23N3O4/c1-15(2,3)14(17-6-4-16-5-7-17)10-8-11(18(21)22)13(20)12(19)9-10/h8-9,14,16,19-20H,4-7H2,1-3H3/t14-/m0/s1. The molecule has 0 amide bonds. The molecule has 1 aliphatic heterocycles. The van der Waals surface area contributed by atoms with Gasteiger partial charge in [0.05, 0.1) is 4.92 Å². The van der Waals surface area contributed by atoms with Crippen molar-refractivity contribution in [2.75, 3.05) is 26.2 Å². The van der Waals surface area contributed by atoms with E-state index in [4.69, 9.17) is 0 Å². The third-order valence-corrected chi connectivity index (χ3v) is 3.94. The third-order valence-electron chi connectivity index (χ3n) is 3.94. The van der Waals surface area contributed by atoms with Crippen LogP contribution in [-0.2, 0) is 0 Å². The molecule has 3 N–H and O–H groups in total. The van der Waals surface area contributed by atoms with E-state index in [0.717, 1.165) is 26.2 Å². The highest BCUT2D eigenvalue weighted by Gasteiger charge is 2.34. The summed E-state index contributed by atoms with van der Waals surface area (Å²) >= 11 is 0. The SMILES string of the molecule is CC(C)(C)[C@H](c1cc(O)c(O)c([N+](=O)[O-])c1)N1CCNCC1. The third kappa shape index (κ3) is 3.31. The molecule has 22 heavy (non-hydrogen) atoms. The first-order chi connectivity index (χ1) is 10.2. The predicted octanol–water partition coefficient (Wildman–Crippen LogP) is 2.00. The lowest BCUT2D eigenvalue weighted by Crippen LogP contribution is -2.48. The average Bonchev–Trinajstić information content (AvgIpc) is 2.42. The van der Waals surface area contributed by atoms with Crippen molar-refractivity contribution in [3.63, 3.8) is 0 Å². The van der Waals surface area contributed by atoms with Gasteiger partial charge in [0.2, 0.25) is 5.75 Å². The number of piperazine rings is 1. The number of hydrogen-bond donors (Lipinski definition) is 3. The van der Waals surface area contributed by atoms with Gasteiger partial charge in [-0.1, -0.05) is 20.8 Å². The van der Waals surface area contributed by atoms with Crippen LogP contribution < -0.4 is 5.32 Å². The summed E-state index contributed by atoms with van der Waals surface area (Å²) in [7, 11) is 0. The summed E-state index contributed by atoms with van der Waals surface area (Å²) in [6.07, 6.45) is 0. The van der Waals surface area contributed by atoms with Crippen LogP contribution >= 0.6 is 0 Å². The Morgan fingerprint density at radius 2 is 1.86 bits per heavy atom. The van der Waals surface area contributed by atoms with Gasteiger partial charge in [-0.15, -0.1) is 0 Å². The summed E-state index contributed by atoms with van der Waals surface area (Å²) in [6.45, 7) is 9.58. The number of nitro groups is 1. The number of rotatable bonds is 3. The van der Waals surface area contributed by atoms with Gasteiger partial charge in [-0.2, -0.15) is 0 Å². The molecular formula is C15H23N3O4. The van der Waals surface area contributed by atoms with Gasteiger partial charge in [0.1, 0.15) is 0 Å². The van der Waals surface area contributed by atoms with Gasteiger partial charge in [0.15, 0.2) is 5.75 Å². The summed E-state index contributed by atoms with van der Waals surface area (Å²) in [5.41, 5.74) is 0.0185. The molecule has 1 saturated heterocycles. The maximum atomic E-state index is 11.1. The molecule has 1 fully saturated rings. The Morgan fingerprint density at radius 1 is 1.27 bits per heavy atom. The van der Waals surface area contributed by atoms with Crippen molar-refractivity contribution in [3.8, 4) is 11.5 Å². The van der Waals surface area contributed by atoms with Crippen molar-refractivity contribution in [3.05, 3.63) is 27.8 Å². The maximum absolute atomic E-state index is 11.1. The van der Waals surface area contributed by atoms with E-state index < -0.39 is 22.1 Å². The first-order valence-corrected chi connectivity index (χ1v) is 7.37. The molecule has 7 nitrogen and oxygen atoms in total. The summed E-state index contributed by atoms with van der Waals surface area (Å²) in [6, 6.07) is 2.72. The second-order valence-electron chi connectivity index (χ2n) is 6.72. The predicted molar refractivity (Wildman–Crippen MR) is 83.1 cm³/mol. The summed E-state index contributed by atoms with van der Waals surface area (Å²) in [4.78, 5) is 12.7. The van der Waals surface area contributed by atoms with E-state index in [1.54, 1.807) is 0 Å². The number of nitrogens with one attached hydrogen (secondary N) is 1. The molecule has 0 saturated carbocycles. The second kappa shape index (κ2) is 6.10. The number of phenolic OH excluding ortho intramolecular Hbond substituents is 2. The van der Waals surface area contributed by atoms with Crippen molar-refractivity contribution in [1.29, 1.82) is 0 Å². The first kappa shape index (κ1) is 16.5. The van der Waals surface area contributed by atoms with Gasteiger partial charge in [-0.25, -0.2) is 0 Å². The number of hydrogen-bond acceptors (Lipinski definition) is 6. The molecule has 0 unspecified atom stereocenters. The van der Waals surface area contributed by atoms with Crippen molar-refractivity contribution >= 4 is 5.69 Å². The minimum atomic E-state index is -0.679. The normalized spacial score (nSPS) is 18.1. The van der Waals surface area contributed by atoms with E-state index in [1.165, 1.54) is 12.1 Å². The molecule has 1 aliphatic rings. The lowest BCUT2D eigenvalue weighted by molar-refractivity contribution is -0.386. The lowest BCUT2D eigenvalue weighted by Gasteiger charge is -2.42. The highest BCUT2D eigenvalue weighted by molar-refractivity contribution is 5.57. The summed E-state index contributed by atoms with van der Waals surface area (Å²) in [5.74, 6) is -1.13. The molecule has 1 atom stereocenters. The topological polar surface area (TPSA) is 98.9 Å². The molecule has 1 aromatic carbocycles. The molecule has 0 spiro atoms. The molecule has 0 aliphatic carbocycles. The average molecular weight is 309 g/mol. The van der Waals surface area contributed by atoms with Crippen molar-refractivity contribution in [1.82, 2.24) is 10.2 Å². The molecule has 2 rings (SSSR count). The van der Waals surface area contributed by atoms with Crippen molar-refractivity contribution < 1.29 is 15.1 Å². The van der Waals surface area contributed by atoms with E-state index >= 15 is 0 Å². The quantitative estimate of drug-likeness (QED) is 0.449. The van der Waals surface area contributed by atoms with Crippen LogP contribution in [0.15, 0.2) is 12.1 Å². The Bertz CT molecular complexity index is 563. The van der Waals surface area contributed by atoms with Crippen molar-refractivity contribution in [2.45, 2.75) is 26.8 Å². The van der Waals surface area contributed by atoms with Gasteiger partial charge >= 0.3 is 5.69 Å². The van der Waals surface area contributed by atoms with Crippen molar-refractivity contribution in [2.24, 2.45) is 5.41 Å².